The molecule has 1 heterocycles. The highest BCUT2D eigenvalue weighted by molar-refractivity contribution is 5.69. The molecule has 4 heteroatoms. The Kier molecular flexibility index (Phi) is 4.41. The lowest BCUT2D eigenvalue weighted by Gasteiger charge is -2.30. The fourth-order valence-electron chi connectivity index (χ4n) is 4.26. The number of fused-ring (bicyclic) bond motifs is 1. The molecule has 0 radical (unpaired) electrons. The number of hydrogen-bond donors (Lipinski definition) is 1. The van der Waals surface area contributed by atoms with Gasteiger partial charge in [0.05, 0.1) is 0 Å². The van der Waals surface area contributed by atoms with E-state index < -0.39 is 0 Å². The second-order valence-electron chi connectivity index (χ2n) is 8.53. The maximum atomic E-state index is 12.1. The maximum absolute atomic E-state index is 12.1. The Labute approximate surface area is 135 Å². The lowest BCUT2D eigenvalue weighted by atomic mass is 9.84. The van der Waals surface area contributed by atoms with Crippen LogP contribution < -0.4 is 5.32 Å². The summed E-state index contributed by atoms with van der Waals surface area (Å²) in [5.74, 6) is 2.28. The van der Waals surface area contributed by atoms with Gasteiger partial charge in [0.15, 0.2) is 0 Å². The van der Waals surface area contributed by atoms with E-state index in [-0.39, 0.29) is 11.7 Å². The second kappa shape index (κ2) is 6.03. The average molecular weight is 308 g/mol. The number of hydrogen-bond acceptors (Lipinski definition) is 3. The van der Waals surface area contributed by atoms with Crippen LogP contribution in [-0.2, 0) is 4.74 Å². The minimum atomic E-state index is -0.389. The van der Waals surface area contributed by atoms with E-state index in [0.29, 0.717) is 23.9 Å². The van der Waals surface area contributed by atoms with Crippen LogP contribution in [0.2, 0.25) is 0 Å². The van der Waals surface area contributed by atoms with Crippen LogP contribution in [0.15, 0.2) is 0 Å². The first kappa shape index (κ1) is 16.1. The summed E-state index contributed by atoms with van der Waals surface area (Å²) in [5.41, 5.74) is -0.389. The number of carbonyl (C=O) groups is 1. The molecule has 1 amide bonds. The van der Waals surface area contributed by atoms with E-state index in [0.717, 1.165) is 19.0 Å². The van der Waals surface area contributed by atoms with Crippen molar-refractivity contribution in [1.82, 2.24) is 10.2 Å². The predicted octanol–water partition coefficient (Wildman–Crippen LogP) is 3.41. The van der Waals surface area contributed by atoms with Gasteiger partial charge in [0, 0.05) is 25.2 Å². The number of likely N-dealkylation sites (tertiary alicyclic amines) is 1. The van der Waals surface area contributed by atoms with Crippen molar-refractivity contribution in [3.8, 4) is 0 Å². The van der Waals surface area contributed by atoms with Crippen molar-refractivity contribution in [2.75, 3.05) is 13.1 Å². The molecule has 1 saturated heterocycles. The first-order valence-electron chi connectivity index (χ1n) is 9.11. The Morgan fingerprint density at radius 1 is 1.14 bits per heavy atom. The Hall–Kier alpha value is -0.770. The Balaban J connectivity index is 1.39. The third-order valence-electron chi connectivity index (χ3n) is 5.70. The van der Waals surface area contributed by atoms with E-state index in [2.05, 4.69) is 12.2 Å². The molecule has 126 valence electrons. The molecule has 0 bridgehead atoms. The zero-order valence-electron chi connectivity index (χ0n) is 14.6. The lowest BCUT2D eigenvalue weighted by Crippen LogP contribution is -2.42. The number of nitrogens with one attached hydrogen (secondary N) is 1. The van der Waals surface area contributed by atoms with Crippen LogP contribution in [0.1, 0.15) is 59.8 Å². The summed E-state index contributed by atoms with van der Waals surface area (Å²) in [5, 5.41) is 3.87. The van der Waals surface area contributed by atoms with E-state index in [1.807, 2.05) is 25.7 Å². The molecule has 1 aliphatic heterocycles. The van der Waals surface area contributed by atoms with Crippen LogP contribution in [0.25, 0.3) is 0 Å². The molecule has 4 nitrogen and oxygen atoms in total. The second-order valence-corrected chi connectivity index (χ2v) is 8.53. The Morgan fingerprint density at radius 3 is 2.23 bits per heavy atom. The minimum Gasteiger partial charge on any atom is -0.444 e. The SMILES string of the molecule is CCC1CCC(NC2C3CN(C(=O)OC(C)(C)C)CC32)CC1. The fraction of sp³-hybridized carbons (Fsp3) is 0.944. The zero-order chi connectivity index (χ0) is 15.9. The highest BCUT2D eigenvalue weighted by atomic mass is 16.6. The highest BCUT2D eigenvalue weighted by Crippen LogP contribution is 2.46. The first-order valence-corrected chi connectivity index (χ1v) is 9.11. The van der Waals surface area contributed by atoms with E-state index in [1.165, 1.54) is 32.1 Å². The number of piperidine rings is 1. The summed E-state index contributed by atoms with van der Waals surface area (Å²) in [6.45, 7) is 9.86. The van der Waals surface area contributed by atoms with Crippen LogP contribution >= 0.6 is 0 Å². The molecule has 0 aromatic rings. The predicted molar refractivity (Wildman–Crippen MR) is 87.7 cm³/mol. The number of nitrogens with zero attached hydrogens (tertiary/aromatic N) is 1. The molecular formula is C18H32N2O2. The average Bonchev–Trinajstić information content (AvgIpc) is 2.90. The van der Waals surface area contributed by atoms with Crippen molar-refractivity contribution < 1.29 is 9.53 Å². The summed E-state index contributed by atoms with van der Waals surface area (Å²) in [4.78, 5) is 14.0. The van der Waals surface area contributed by atoms with Gasteiger partial charge in [-0.05, 0) is 64.2 Å². The number of carbonyl (C=O) groups excluding carboxylic acids is 1. The normalized spacial score (nSPS) is 37.8. The van der Waals surface area contributed by atoms with Crippen LogP contribution in [0.4, 0.5) is 4.79 Å². The van der Waals surface area contributed by atoms with E-state index in [9.17, 15) is 4.79 Å². The summed E-state index contributed by atoms with van der Waals surface area (Å²) in [6, 6.07) is 1.37. The van der Waals surface area contributed by atoms with Gasteiger partial charge in [-0.3, -0.25) is 0 Å². The van der Waals surface area contributed by atoms with Gasteiger partial charge in [-0.15, -0.1) is 0 Å². The molecule has 1 N–H and O–H groups in total. The smallest absolute Gasteiger partial charge is 0.410 e. The van der Waals surface area contributed by atoms with Crippen molar-refractivity contribution >= 4 is 6.09 Å². The van der Waals surface area contributed by atoms with Crippen LogP contribution in [0.3, 0.4) is 0 Å². The summed E-state index contributed by atoms with van der Waals surface area (Å²) < 4.78 is 5.47. The number of ether oxygens (including phenoxy) is 1. The van der Waals surface area contributed by atoms with Crippen molar-refractivity contribution in [2.45, 2.75) is 77.5 Å². The molecule has 0 aromatic carbocycles. The van der Waals surface area contributed by atoms with E-state index >= 15 is 0 Å². The van der Waals surface area contributed by atoms with Gasteiger partial charge in [-0.2, -0.15) is 0 Å². The third-order valence-corrected chi connectivity index (χ3v) is 5.70. The van der Waals surface area contributed by atoms with Gasteiger partial charge >= 0.3 is 6.09 Å². The van der Waals surface area contributed by atoms with E-state index in [4.69, 9.17) is 4.74 Å². The standard InChI is InChI=1S/C18H32N2O2/c1-5-12-6-8-13(9-7-12)19-16-14-10-20(11-15(14)16)17(21)22-18(2,3)4/h12-16,19H,5-11H2,1-4H3. The van der Waals surface area contributed by atoms with Crippen molar-refractivity contribution in [3.63, 3.8) is 0 Å². The topological polar surface area (TPSA) is 41.6 Å². The van der Waals surface area contributed by atoms with Crippen molar-refractivity contribution in [1.29, 1.82) is 0 Å². The van der Waals surface area contributed by atoms with Crippen LogP contribution in [0.5, 0.6) is 0 Å². The summed E-state index contributed by atoms with van der Waals surface area (Å²) in [7, 11) is 0. The first-order chi connectivity index (χ1) is 10.4. The summed E-state index contributed by atoms with van der Waals surface area (Å²) in [6.07, 6.45) is 6.66. The van der Waals surface area contributed by atoms with Gasteiger partial charge in [0.1, 0.15) is 5.60 Å². The van der Waals surface area contributed by atoms with Crippen molar-refractivity contribution in [3.05, 3.63) is 0 Å². The van der Waals surface area contributed by atoms with Crippen LogP contribution in [0, 0.1) is 17.8 Å². The zero-order valence-corrected chi connectivity index (χ0v) is 14.6. The van der Waals surface area contributed by atoms with Gasteiger partial charge < -0.3 is 15.0 Å². The molecule has 3 fully saturated rings. The molecule has 2 atom stereocenters. The molecule has 3 aliphatic rings. The molecular weight excluding hydrogens is 276 g/mol. The van der Waals surface area contributed by atoms with Gasteiger partial charge in [0.25, 0.3) is 0 Å². The largest absolute Gasteiger partial charge is 0.444 e. The molecule has 0 aromatic heterocycles. The number of amides is 1. The summed E-state index contributed by atoms with van der Waals surface area (Å²) >= 11 is 0. The highest BCUT2D eigenvalue weighted by Gasteiger charge is 2.57. The Bertz CT molecular complexity index is 398. The molecule has 22 heavy (non-hydrogen) atoms. The molecule has 2 saturated carbocycles. The monoisotopic (exact) mass is 308 g/mol. The third kappa shape index (κ3) is 3.58. The van der Waals surface area contributed by atoms with Crippen molar-refractivity contribution in [2.24, 2.45) is 17.8 Å². The number of rotatable bonds is 3. The van der Waals surface area contributed by atoms with Gasteiger partial charge in [-0.25, -0.2) is 4.79 Å². The van der Waals surface area contributed by atoms with Gasteiger partial charge in [0.2, 0.25) is 0 Å². The quantitative estimate of drug-likeness (QED) is 0.868. The van der Waals surface area contributed by atoms with Gasteiger partial charge in [-0.1, -0.05) is 13.3 Å². The molecule has 2 unspecified atom stereocenters. The molecule has 3 rings (SSSR count). The molecule has 0 spiro atoms. The fourth-order valence-corrected chi connectivity index (χ4v) is 4.26. The van der Waals surface area contributed by atoms with Crippen LogP contribution in [-0.4, -0.2) is 41.8 Å². The minimum absolute atomic E-state index is 0.137. The molecule has 2 aliphatic carbocycles. The Morgan fingerprint density at radius 2 is 1.73 bits per heavy atom. The van der Waals surface area contributed by atoms with E-state index in [1.54, 1.807) is 0 Å². The lowest BCUT2D eigenvalue weighted by molar-refractivity contribution is 0.0268. The maximum Gasteiger partial charge on any atom is 0.410 e.